The van der Waals surface area contributed by atoms with Crippen LogP contribution >= 0.6 is 0 Å². The van der Waals surface area contributed by atoms with E-state index in [0.29, 0.717) is 64.1 Å². The number of carbonyl (C=O) groups is 1. The molecule has 0 aromatic heterocycles. The summed E-state index contributed by atoms with van der Waals surface area (Å²) in [6, 6.07) is 5.41. The van der Waals surface area contributed by atoms with Crippen molar-refractivity contribution in [1.82, 2.24) is 4.90 Å². The molecule has 1 saturated carbocycles. The number of hydrogen-bond acceptors (Lipinski definition) is 9. The van der Waals surface area contributed by atoms with Crippen LogP contribution in [0, 0.1) is 0 Å². The van der Waals surface area contributed by atoms with Crippen molar-refractivity contribution in [3.05, 3.63) is 34.9 Å². The predicted octanol–water partition coefficient (Wildman–Crippen LogP) is 1.98. The van der Waals surface area contributed by atoms with Gasteiger partial charge in [0.25, 0.3) is 0 Å². The molecule has 2 rings (SSSR count). The van der Waals surface area contributed by atoms with Gasteiger partial charge in [-0.3, -0.25) is 0 Å². The number of allylic oxidation sites excluding steroid dienone is 1. The summed E-state index contributed by atoms with van der Waals surface area (Å²) in [5.74, 6) is 0.949. The van der Waals surface area contributed by atoms with Crippen LogP contribution < -0.4 is 4.74 Å². The van der Waals surface area contributed by atoms with E-state index in [4.69, 9.17) is 33.5 Å². The number of benzene rings is 1. The standard InChI is InChI=1S/C24H37NO8/c1-25(8-11-30-14-16-32-17-15-31-13-10-26)9-12-33-20-6-7-21(22(18-20)24(27)29-3)23(28-2)19-4-5-19/h6-7,18,26H,4-5,8-17H2,1-3H3. The number of ether oxygens (including phenoxy) is 6. The summed E-state index contributed by atoms with van der Waals surface area (Å²) in [6.07, 6.45) is 1.98. The maximum Gasteiger partial charge on any atom is 0.338 e. The summed E-state index contributed by atoms with van der Waals surface area (Å²) in [4.78, 5) is 14.4. The number of carbonyl (C=O) groups excluding carboxylic acids is 1. The Bertz CT molecular complexity index is 746. The Morgan fingerprint density at radius 1 is 0.879 bits per heavy atom. The summed E-state index contributed by atoms with van der Waals surface area (Å²) in [7, 11) is 4.99. The largest absolute Gasteiger partial charge is 0.496 e. The molecule has 33 heavy (non-hydrogen) atoms. The van der Waals surface area contributed by atoms with E-state index < -0.39 is 5.97 Å². The first-order chi connectivity index (χ1) is 16.1. The monoisotopic (exact) mass is 467 g/mol. The van der Waals surface area contributed by atoms with Gasteiger partial charge in [-0.2, -0.15) is 0 Å². The molecule has 1 aliphatic carbocycles. The Kier molecular flexibility index (Phi) is 12.8. The van der Waals surface area contributed by atoms with Crippen molar-refractivity contribution < 1.29 is 38.3 Å². The van der Waals surface area contributed by atoms with E-state index in [0.717, 1.165) is 30.7 Å². The number of esters is 1. The van der Waals surface area contributed by atoms with Crippen LogP contribution in [0.2, 0.25) is 0 Å². The van der Waals surface area contributed by atoms with E-state index in [9.17, 15) is 4.79 Å². The molecule has 1 fully saturated rings. The molecule has 0 amide bonds. The third kappa shape index (κ3) is 10.1. The number of aliphatic hydroxyl groups excluding tert-OH is 1. The molecule has 0 spiro atoms. The molecular weight excluding hydrogens is 430 g/mol. The van der Waals surface area contributed by atoms with E-state index in [-0.39, 0.29) is 6.61 Å². The Morgan fingerprint density at radius 2 is 1.52 bits per heavy atom. The minimum absolute atomic E-state index is 0.0239. The molecule has 1 N–H and O–H groups in total. The van der Waals surface area contributed by atoms with Crippen molar-refractivity contribution in [1.29, 1.82) is 0 Å². The Morgan fingerprint density at radius 3 is 2.12 bits per heavy atom. The fourth-order valence-electron chi connectivity index (χ4n) is 3.08. The van der Waals surface area contributed by atoms with Crippen molar-refractivity contribution in [3.8, 4) is 5.75 Å². The fraction of sp³-hybridized carbons (Fsp3) is 0.625. The number of methoxy groups -OCH3 is 2. The fourth-order valence-corrected chi connectivity index (χ4v) is 3.08. The first-order valence-corrected chi connectivity index (χ1v) is 11.2. The van der Waals surface area contributed by atoms with Gasteiger partial charge in [-0.05, 0) is 43.7 Å². The zero-order chi connectivity index (χ0) is 23.9. The average molecular weight is 468 g/mol. The van der Waals surface area contributed by atoms with Crippen molar-refractivity contribution >= 4 is 11.7 Å². The van der Waals surface area contributed by atoms with E-state index >= 15 is 0 Å². The molecule has 0 atom stereocenters. The highest BCUT2D eigenvalue weighted by Gasteiger charge is 2.24. The number of nitrogens with zero attached hydrogens (tertiary/aromatic N) is 1. The predicted molar refractivity (Wildman–Crippen MR) is 123 cm³/mol. The third-order valence-electron chi connectivity index (χ3n) is 5.00. The lowest BCUT2D eigenvalue weighted by Gasteiger charge is -2.18. The summed E-state index contributed by atoms with van der Waals surface area (Å²) in [6.45, 7) is 4.90. The minimum atomic E-state index is -0.415. The first kappa shape index (κ1) is 27.1. The smallest absolute Gasteiger partial charge is 0.338 e. The summed E-state index contributed by atoms with van der Waals surface area (Å²) in [5.41, 5.74) is 2.38. The van der Waals surface area contributed by atoms with Gasteiger partial charge >= 0.3 is 5.97 Å². The molecule has 0 saturated heterocycles. The van der Waals surface area contributed by atoms with Gasteiger partial charge in [-0.25, -0.2) is 4.79 Å². The SMILES string of the molecule is COC(=O)c1cc(OCCN(C)CCOCCOCCOCCO)ccc1C(OC)=C1CC1. The van der Waals surface area contributed by atoms with E-state index in [1.807, 2.05) is 19.2 Å². The summed E-state index contributed by atoms with van der Waals surface area (Å²) >= 11 is 0. The molecule has 0 aliphatic heterocycles. The lowest BCUT2D eigenvalue weighted by atomic mass is 10.0. The van der Waals surface area contributed by atoms with Crippen LogP contribution in [0.25, 0.3) is 5.76 Å². The van der Waals surface area contributed by atoms with Gasteiger partial charge in [-0.15, -0.1) is 0 Å². The minimum Gasteiger partial charge on any atom is -0.496 e. The lowest BCUT2D eigenvalue weighted by Crippen LogP contribution is -2.28. The van der Waals surface area contributed by atoms with Crippen LogP contribution in [-0.2, 0) is 23.7 Å². The number of likely N-dealkylation sites (N-methyl/N-ethyl adjacent to an activating group) is 1. The van der Waals surface area contributed by atoms with Crippen LogP contribution in [0.4, 0.5) is 0 Å². The zero-order valence-corrected chi connectivity index (χ0v) is 20.0. The van der Waals surface area contributed by atoms with E-state index in [1.54, 1.807) is 13.2 Å². The van der Waals surface area contributed by atoms with Crippen LogP contribution in [-0.4, -0.2) is 103 Å². The number of hydrogen-bond donors (Lipinski definition) is 1. The van der Waals surface area contributed by atoms with Crippen molar-refractivity contribution in [2.45, 2.75) is 12.8 Å². The van der Waals surface area contributed by atoms with Crippen LogP contribution in [0.1, 0.15) is 28.8 Å². The average Bonchev–Trinajstić information content (AvgIpc) is 3.66. The van der Waals surface area contributed by atoms with Crippen LogP contribution in [0.15, 0.2) is 23.8 Å². The Balaban J connectivity index is 1.67. The molecule has 186 valence electrons. The van der Waals surface area contributed by atoms with Gasteiger partial charge in [0.2, 0.25) is 0 Å². The van der Waals surface area contributed by atoms with Crippen LogP contribution in [0.5, 0.6) is 5.75 Å². The van der Waals surface area contributed by atoms with E-state index in [1.165, 1.54) is 12.7 Å². The molecule has 9 heteroatoms. The molecule has 1 aromatic carbocycles. The van der Waals surface area contributed by atoms with E-state index in [2.05, 4.69) is 4.90 Å². The molecular formula is C24H37NO8. The van der Waals surface area contributed by atoms with Gasteiger partial charge in [0.15, 0.2) is 0 Å². The van der Waals surface area contributed by atoms with Gasteiger partial charge in [0.1, 0.15) is 18.1 Å². The van der Waals surface area contributed by atoms with Crippen molar-refractivity contribution in [2.24, 2.45) is 0 Å². The molecule has 9 nitrogen and oxygen atoms in total. The normalized spacial score (nSPS) is 12.7. The number of rotatable bonds is 18. The molecule has 0 bridgehead atoms. The molecule has 1 aromatic rings. The third-order valence-corrected chi connectivity index (χ3v) is 5.00. The van der Waals surface area contributed by atoms with Gasteiger partial charge in [0.05, 0.1) is 66.0 Å². The maximum atomic E-state index is 12.3. The molecule has 0 heterocycles. The Labute approximate surface area is 196 Å². The number of aliphatic hydroxyl groups is 1. The summed E-state index contributed by atoms with van der Waals surface area (Å²) in [5, 5.41) is 8.60. The second-order valence-corrected chi connectivity index (χ2v) is 7.55. The zero-order valence-electron chi connectivity index (χ0n) is 20.0. The van der Waals surface area contributed by atoms with Crippen LogP contribution in [0.3, 0.4) is 0 Å². The molecule has 0 radical (unpaired) electrons. The highest BCUT2D eigenvalue weighted by molar-refractivity contribution is 5.95. The molecule has 0 unspecified atom stereocenters. The van der Waals surface area contributed by atoms with Gasteiger partial charge in [0, 0.05) is 18.7 Å². The maximum absolute atomic E-state index is 12.3. The van der Waals surface area contributed by atoms with Gasteiger partial charge < -0.3 is 38.4 Å². The second-order valence-electron chi connectivity index (χ2n) is 7.55. The lowest BCUT2D eigenvalue weighted by molar-refractivity contribution is 0.00513. The topological polar surface area (TPSA) is 95.9 Å². The summed E-state index contributed by atoms with van der Waals surface area (Å²) < 4.78 is 32.4. The van der Waals surface area contributed by atoms with Gasteiger partial charge in [-0.1, -0.05) is 0 Å². The highest BCUT2D eigenvalue weighted by atomic mass is 16.5. The molecule has 1 aliphatic rings. The Hall–Kier alpha value is -2.17. The first-order valence-electron chi connectivity index (χ1n) is 11.2. The quantitative estimate of drug-likeness (QED) is 0.197. The second kappa shape index (κ2) is 15.6. The highest BCUT2D eigenvalue weighted by Crippen LogP contribution is 2.38. The van der Waals surface area contributed by atoms with Crippen molar-refractivity contribution in [2.75, 3.05) is 87.2 Å². The van der Waals surface area contributed by atoms with Crippen molar-refractivity contribution in [3.63, 3.8) is 0 Å².